The summed E-state index contributed by atoms with van der Waals surface area (Å²) in [5, 5.41) is 41.2. The quantitative estimate of drug-likeness (QED) is 0.155. The summed E-state index contributed by atoms with van der Waals surface area (Å²) in [6.45, 7) is 0.256. The molecule has 0 fully saturated rings. The van der Waals surface area contributed by atoms with Crippen LogP contribution in [0.4, 0.5) is 0 Å². The highest BCUT2D eigenvalue weighted by Gasteiger charge is 2.22. The van der Waals surface area contributed by atoms with E-state index in [0.29, 0.717) is 23.6 Å². The molecule has 2 atom stereocenters. The molecule has 2 unspecified atom stereocenters. The number of aromatic amines is 1. The Morgan fingerprint density at radius 2 is 1.81 bits per heavy atom. The summed E-state index contributed by atoms with van der Waals surface area (Å²) in [4.78, 5) is 38.2. The van der Waals surface area contributed by atoms with E-state index < -0.39 is 24.4 Å². The molecule has 1 heterocycles. The van der Waals surface area contributed by atoms with Crippen molar-refractivity contribution in [1.29, 1.82) is 0 Å². The van der Waals surface area contributed by atoms with Crippen LogP contribution in [0.15, 0.2) is 30.3 Å². The van der Waals surface area contributed by atoms with Gasteiger partial charge in [0.25, 0.3) is 0 Å². The van der Waals surface area contributed by atoms with E-state index >= 15 is 0 Å². The first-order chi connectivity index (χ1) is 14.9. The predicted molar refractivity (Wildman–Crippen MR) is 107 cm³/mol. The normalized spacial score (nSPS) is 13.1. The molecule has 2 aromatic rings. The lowest BCUT2D eigenvalue weighted by Gasteiger charge is -2.16. The zero-order valence-electron chi connectivity index (χ0n) is 16.7. The topological polar surface area (TPSA) is 186 Å². The van der Waals surface area contributed by atoms with E-state index in [1.807, 2.05) is 30.3 Å². The summed E-state index contributed by atoms with van der Waals surface area (Å²) < 4.78 is 0. The van der Waals surface area contributed by atoms with Gasteiger partial charge in [0, 0.05) is 24.7 Å². The maximum atomic E-state index is 11.3. The average molecular weight is 438 g/mol. The van der Waals surface area contributed by atoms with Gasteiger partial charge in [0.05, 0.1) is 31.0 Å². The second kappa shape index (κ2) is 12.7. The van der Waals surface area contributed by atoms with E-state index in [9.17, 15) is 14.7 Å². The largest absolute Gasteiger partial charge is 0.481 e. The Morgan fingerprint density at radius 1 is 1.06 bits per heavy atom. The highest BCUT2D eigenvalue weighted by molar-refractivity contribution is 5.80. The van der Waals surface area contributed by atoms with Crippen molar-refractivity contribution in [3.05, 3.63) is 41.7 Å². The first-order valence-electron chi connectivity index (χ1n) is 9.51. The molecule has 170 valence electrons. The number of hydrogen-bond acceptors (Lipinski definition) is 9. The minimum absolute atomic E-state index is 0.0285. The van der Waals surface area contributed by atoms with Crippen LogP contribution in [0.2, 0.25) is 0 Å². The third kappa shape index (κ3) is 8.05. The molecular formula is C19H26N4O8. The Kier molecular flexibility index (Phi) is 10.0. The molecule has 0 aliphatic carbocycles. The number of hydrogen-bond donors (Lipinski definition) is 7. The second-order valence-corrected chi connectivity index (χ2v) is 6.74. The van der Waals surface area contributed by atoms with Gasteiger partial charge in [-0.2, -0.15) is 0 Å². The molecule has 12 nitrogen and oxygen atoms in total. The van der Waals surface area contributed by atoms with Gasteiger partial charge in [-0.25, -0.2) is 14.8 Å². The van der Waals surface area contributed by atoms with E-state index in [2.05, 4.69) is 30.4 Å². The molecule has 0 saturated heterocycles. The number of H-pyrrole nitrogens is 1. The predicted octanol–water partition coefficient (Wildman–Crippen LogP) is 0.922. The fraction of sp³-hybridized carbons (Fsp3) is 0.421. The van der Waals surface area contributed by atoms with Crippen LogP contribution in [0.1, 0.15) is 24.2 Å². The van der Waals surface area contributed by atoms with Gasteiger partial charge in [0.15, 0.2) is 0 Å². The number of carboxylic acid groups (broad SMARTS) is 2. The first-order valence-corrected chi connectivity index (χ1v) is 9.51. The fourth-order valence-electron chi connectivity index (χ4n) is 2.89. The lowest BCUT2D eigenvalue weighted by Crippen LogP contribution is -2.38. The van der Waals surface area contributed by atoms with E-state index in [4.69, 9.17) is 15.6 Å². The van der Waals surface area contributed by atoms with Crippen LogP contribution < -0.4 is 10.6 Å². The van der Waals surface area contributed by atoms with Crippen LogP contribution in [0.5, 0.6) is 0 Å². The lowest BCUT2D eigenvalue weighted by atomic mass is 10.2. The van der Waals surface area contributed by atoms with Crippen molar-refractivity contribution in [3.63, 3.8) is 0 Å². The molecule has 1 aromatic carbocycles. The standard InChI is InChI=1S/C19H26N4O8/c24-17(25)8-14(19(26)27)21-10-16-15(9-20-13(11-31-29)6-7-30-28)22-18(23-16)12-4-2-1-3-5-12/h1-5,13-14,20-21,28-29H,6-11H2,(H,22,23)(H,24,25)(H,26,27). The Labute approximate surface area is 177 Å². The molecule has 12 heteroatoms. The average Bonchev–Trinajstić information content (AvgIpc) is 3.16. The van der Waals surface area contributed by atoms with Crippen molar-refractivity contribution < 1.29 is 40.1 Å². The van der Waals surface area contributed by atoms with E-state index in [1.165, 1.54) is 0 Å². The number of nitrogens with zero attached hydrogens (tertiary/aromatic N) is 1. The maximum absolute atomic E-state index is 11.3. The van der Waals surface area contributed by atoms with Crippen LogP contribution >= 0.6 is 0 Å². The van der Waals surface area contributed by atoms with Crippen molar-refractivity contribution in [2.24, 2.45) is 0 Å². The van der Waals surface area contributed by atoms with Gasteiger partial charge >= 0.3 is 11.9 Å². The highest BCUT2D eigenvalue weighted by atomic mass is 17.1. The number of aromatic nitrogens is 2. The van der Waals surface area contributed by atoms with Crippen LogP contribution in [0, 0.1) is 0 Å². The molecule has 0 spiro atoms. The highest BCUT2D eigenvalue weighted by Crippen LogP contribution is 2.18. The molecule has 0 bridgehead atoms. The third-order valence-electron chi connectivity index (χ3n) is 4.51. The van der Waals surface area contributed by atoms with Crippen molar-refractivity contribution in [2.45, 2.75) is 38.0 Å². The minimum Gasteiger partial charge on any atom is -0.481 e. The summed E-state index contributed by atoms with van der Waals surface area (Å²) in [5.41, 5.74) is 1.96. The van der Waals surface area contributed by atoms with Gasteiger partial charge < -0.3 is 20.5 Å². The molecule has 31 heavy (non-hydrogen) atoms. The molecule has 2 rings (SSSR count). The summed E-state index contributed by atoms with van der Waals surface area (Å²) in [6, 6.07) is 7.67. The molecule has 0 saturated carbocycles. The Morgan fingerprint density at radius 3 is 2.42 bits per heavy atom. The van der Waals surface area contributed by atoms with Crippen molar-refractivity contribution >= 4 is 11.9 Å². The number of carbonyl (C=O) groups is 2. The number of nitrogens with one attached hydrogen (secondary N) is 3. The van der Waals surface area contributed by atoms with E-state index in [1.54, 1.807) is 0 Å². The van der Waals surface area contributed by atoms with E-state index in [0.717, 1.165) is 5.56 Å². The maximum Gasteiger partial charge on any atom is 0.321 e. The van der Waals surface area contributed by atoms with Crippen LogP contribution in [0.25, 0.3) is 11.4 Å². The number of aliphatic carboxylic acids is 2. The number of benzene rings is 1. The van der Waals surface area contributed by atoms with Crippen molar-refractivity contribution in [2.75, 3.05) is 13.2 Å². The van der Waals surface area contributed by atoms with Gasteiger partial charge in [-0.3, -0.25) is 25.4 Å². The number of carboxylic acids is 2. The minimum atomic E-state index is -1.27. The van der Waals surface area contributed by atoms with Gasteiger partial charge in [0.1, 0.15) is 11.9 Å². The molecule has 0 amide bonds. The van der Waals surface area contributed by atoms with Crippen molar-refractivity contribution in [3.8, 4) is 11.4 Å². The summed E-state index contributed by atoms with van der Waals surface area (Å²) >= 11 is 0. The van der Waals surface area contributed by atoms with Gasteiger partial charge in [-0.1, -0.05) is 30.3 Å². The molecule has 0 radical (unpaired) electrons. The smallest absolute Gasteiger partial charge is 0.321 e. The third-order valence-corrected chi connectivity index (χ3v) is 4.51. The lowest BCUT2D eigenvalue weighted by molar-refractivity contribution is -0.257. The molecule has 0 aliphatic rings. The SMILES string of the molecule is O=C(O)CC(NCc1[nH]c(-c2ccccc2)nc1CNC(CCOO)COO)C(=O)O. The van der Waals surface area contributed by atoms with Crippen LogP contribution in [0.3, 0.4) is 0 Å². The van der Waals surface area contributed by atoms with Gasteiger partial charge in [-0.15, -0.1) is 0 Å². The molecule has 1 aromatic heterocycles. The fourth-order valence-corrected chi connectivity index (χ4v) is 2.89. The van der Waals surface area contributed by atoms with Crippen LogP contribution in [-0.4, -0.2) is 67.9 Å². The van der Waals surface area contributed by atoms with Crippen molar-refractivity contribution in [1.82, 2.24) is 20.6 Å². The molecule has 0 aliphatic heterocycles. The van der Waals surface area contributed by atoms with Crippen LogP contribution in [-0.2, 0) is 32.5 Å². The Hall–Kier alpha value is -2.87. The summed E-state index contributed by atoms with van der Waals surface area (Å²) in [5.74, 6) is -1.93. The Balaban J connectivity index is 2.18. The molecular weight excluding hydrogens is 412 g/mol. The summed E-state index contributed by atoms with van der Waals surface area (Å²) in [6.07, 6.45) is -0.222. The van der Waals surface area contributed by atoms with Gasteiger partial charge in [-0.05, 0) is 6.42 Å². The van der Waals surface area contributed by atoms with E-state index in [-0.39, 0.29) is 32.3 Å². The monoisotopic (exact) mass is 438 g/mol. The first kappa shape index (κ1) is 24.4. The number of imidazole rings is 1. The zero-order chi connectivity index (χ0) is 22.6. The Bertz CT molecular complexity index is 830. The summed E-state index contributed by atoms with van der Waals surface area (Å²) in [7, 11) is 0. The second-order valence-electron chi connectivity index (χ2n) is 6.74. The number of rotatable bonds is 15. The van der Waals surface area contributed by atoms with Gasteiger partial charge in [0.2, 0.25) is 0 Å². The zero-order valence-corrected chi connectivity index (χ0v) is 16.7. The molecule has 7 N–H and O–H groups in total.